The van der Waals surface area contributed by atoms with Gasteiger partial charge < -0.3 is 14.5 Å². The Hall–Kier alpha value is -3.41. The Labute approximate surface area is 168 Å². The first-order valence-electron chi connectivity index (χ1n) is 9.49. The van der Waals surface area contributed by atoms with Crippen LogP contribution in [0.3, 0.4) is 0 Å². The zero-order valence-corrected chi connectivity index (χ0v) is 16.7. The van der Waals surface area contributed by atoms with Gasteiger partial charge in [-0.25, -0.2) is 4.79 Å². The third kappa shape index (κ3) is 4.90. The van der Waals surface area contributed by atoms with Crippen LogP contribution in [0.1, 0.15) is 47.9 Å². The number of aryl methyl sites for hydroxylation is 1. The van der Waals surface area contributed by atoms with Gasteiger partial charge in [0, 0.05) is 11.8 Å². The van der Waals surface area contributed by atoms with Gasteiger partial charge in [0.2, 0.25) is 5.76 Å². The predicted molar refractivity (Wildman–Crippen MR) is 111 cm³/mol. The molecule has 1 heterocycles. The molecule has 29 heavy (non-hydrogen) atoms. The summed E-state index contributed by atoms with van der Waals surface area (Å²) in [6.07, 6.45) is 1.03. The zero-order chi connectivity index (χ0) is 21.0. The number of nitrogens with one attached hydrogen (secondary N) is 1. The summed E-state index contributed by atoms with van der Waals surface area (Å²) in [5.41, 5.74) is 2.67. The number of rotatable bonds is 6. The maximum atomic E-state index is 12.2. The van der Waals surface area contributed by atoms with Crippen LogP contribution in [0.2, 0.25) is 0 Å². The van der Waals surface area contributed by atoms with E-state index in [0.717, 1.165) is 18.1 Å². The van der Waals surface area contributed by atoms with Crippen LogP contribution in [0.5, 0.6) is 0 Å². The van der Waals surface area contributed by atoms with Gasteiger partial charge in [-0.05, 0) is 49.1 Å². The Morgan fingerprint density at radius 2 is 1.83 bits per heavy atom. The van der Waals surface area contributed by atoms with Gasteiger partial charge in [-0.1, -0.05) is 37.6 Å². The largest absolute Gasteiger partial charge is 0.450 e. The molecule has 0 saturated heterocycles. The lowest BCUT2D eigenvalue weighted by molar-refractivity contribution is -0.119. The van der Waals surface area contributed by atoms with Crippen molar-refractivity contribution >= 4 is 28.5 Å². The van der Waals surface area contributed by atoms with Gasteiger partial charge in [-0.15, -0.1) is 0 Å². The molecule has 3 aromatic rings. The molecule has 0 aliphatic rings. The Balaban J connectivity index is 1.61. The zero-order valence-electron chi connectivity index (χ0n) is 16.7. The van der Waals surface area contributed by atoms with E-state index in [-0.39, 0.29) is 11.2 Å². The lowest BCUT2D eigenvalue weighted by Gasteiger charge is -2.10. The maximum absolute atomic E-state index is 12.2. The number of ether oxygens (including phenoxy) is 1. The van der Waals surface area contributed by atoms with Crippen molar-refractivity contribution < 1.29 is 18.7 Å². The van der Waals surface area contributed by atoms with E-state index < -0.39 is 18.5 Å². The van der Waals surface area contributed by atoms with E-state index in [4.69, 9.17) is 9.15 Å². The molecule has 0 spiro atoms. The van der Waals surface area contributed by atoms with Crippen LogP contribution in [0.25, 0.3) is 11.0 Å². The van der Waals surface area contributed by atoms with Gasteiger partial charge >= 0.3 is 5.97 Å². The molecule has 3 rings (SSSR count). The highest BCUT2D eigenvalue weighted by molar-refractivity contribution is 5.95. The second-order valence-corrected chi connectivity index (χ2v) is 7.03. The van der Waals surface area contributed by atoms with Gasteiger partial charge in [-0.3, -0.25) is 9.59 Å². The number of anilines is 1. The van der Waals surface area contributed by atoms with E-state index >= 15 is 0 Å². The number of carbonyl (C=O) groups excluding carboxylic acids is 2. The minimum absolute atomic E-state index is 0.239. The van der Waals surface area contributed by atoms with E-state index in [1.165, 1.54) is 5.56 Å². The molecular weight excluding hydrogens is 370 g/mol. The Kier molecular flexibility index (Phi) is 6.12. The quantitative estimate of drug-likeness (QED) is 0.627. The number of hydrogen-bond acceptors (Lipinski definition) is 5. The van der Waals surface area contributed by atoms with Gasteiger partial charge in [0.25, 0.3) is 5.91 Å². The lowest BCUT2D eigenvalue weighted by atomic mass is 9.99. The molecule has 0 saturated carbocycles. The van der Waals surface area contributed by atoms with Crippen molar-refractivity contribution in [3.63, 3.8) is 0 Å². The normalized spacial score (nSPS) is 11.8. The number of amides is 1. The highest BCUT2D eigenvalue weighted by Crippen LogP contribution is 2.20. The highest BCUT2D eigenvalue weighted by atomic mass is 16.5. The van der Waals surface area contributed by atoms with Crippen molar-refractivity contribution in [1.29, 1.82) is 0 Å². The van der Waals surface area contributed by atoms with Gasteiger partial charge in [0.05, 0.1) is 5.39 Å². The lowest BCUT2D eigenvalue weighted by Crippen LogP contribution is -2.21. The molecule has 0 aliphatic carbocycles. The van der Waals surface area contributed by atoms with E-state index in [9.17, 15) is 14.4 Å². The first-order valence-corrected chi connectivity index (χ1v) is 9.49. The molecule has 0 unspecified atom stereocenters. The molecule has 0 fully saturated rings. The maximum Gasteiger partial charge on any atom is 0.374 e. The topological polar surface area (TPSA) is 85.6 Å². The Morgan fingerprint density at radius 3 is 2.52 bits per heavy atom. The number of benzene rings is 2. The highest BCUT2D eigenvalue weighted by Gasteiger charge is 2.16. The minimum Gasteiger partial charge on any atom is -0.450 e. The number of hydrogen-bond donors (Lipinski definition) is 1. The summed E-state index contributed by atoms with van der Waals surface area (Å²) >= 11 is 0. The minimum atomic E-state index is -0.869. The second-order valence-electron chi connectivity index (χ2n) is 7.03. The van der Waals surface area contributed by atoms with Gasteiger partial charge in [0.1, 0.15) is 5.58 Å². The summed E-state index contributed by atoms with van der Waals surface area (Å²) in [5.74, 6) is -1.14. The van der Waals surface area contributed by atoms with E-state index in [2.05, 4.69) is 19.2 Å². The molecule has 1 amide bonds. The fourth-order valence-corrected chi connectivity index (χ4v) is 2.90. The molecule has 150 valence electrons. The summed E-state index contributed by atoms with van der Waals surface area (Å²) < 4.78 is 10.4. The van der Waals surface area contributed by atoms with Crippen molar-refractivity contribution in [3.05, 3.63) is 75.6 Å². The van der Waals surface area contributed by atoms with Crippen LogP contribution >= 0.6 is 0 Å². The van der Waals surface area contributed by atoms with Crippen molar-refractivity contribution in [2.24, 2.45) is 0 Å². The van der Waals surface area contributed by atoms with Crippen LogP contribution in [-0.4, -0.2) is 18.5 Å². The van der Waals surface area contributed by atoms with Crippen molar-refractivity contribution in [3.8, 4) is 0 Å². The molecule has 2 aromatic carbocycles. The van der Waals surface area contributed by atoms with E-state index in [0.29, 0.717) is 22.6 Å². The average Bonchev–Trinajstić information content (AvgIpc) is 2.72. The number of esters is 1. The van der Waals surface area contributed by atoms with Crippen molar-refractivity contribution in [2.75, 3.05) is 11.9 Å². The molecule has 6 nitrogen and oxygen atoms in total. The molecular formula is C23H23NO5. The predicted octanol–water partition coefficient (Wildman–Crippen LogP) is 4.41. The Morgan fingerprint density at radius 1 is 1.10 bits per heavy atom. The summed E-state index contributed by atoms with van der Waals surface area (Å²) in [6.45, 7) is 5.63. The number of fused-ring (bicyclic) bond motifs is 1. The molecule has 1 aromatic heterocycles. The first kappa shape index (κ1) is 20.3. The SMILES string of the molecule is CC[C@@H](C)c1ccc(NC(=O)COC(=O)c2cc(=O)c3cc(C)ccc3o2)cc1. The first-order chi connectivity index (χ1) is 13.9. The second kappa shape index (κ2) is 8.73. The van der Waals surface area contributed by atoms with Gasteiger partial charge in [-0.2, -0.15) is 0 Å². The summed E-state index contributed by atoms with van der Waals surface area (Å²) in [4.78, 5) is 36.4. The van der Waals surface area contributed by atoms with Crippen LogP contribution in [0, 0.1) is 6.92 Å². The van der Waals surface area contributed by atoms with Crippen molar-refractivity contribution in [2.45, 2.75) is 33.1 Å². The third-order valence-corrected chi connectivity index (χ3v) is 4.79. The molecule has 6 heteroatoms. The monoisotopic (exact) mass is 393 g/mol. The fraction of sp³-hybridized carbons (Fsp3) is 0.261. The number of carbonyl (C=O) groups is 2. The van der Waals surface area contributed by atoms with Gasteiger partial charge in [0.15, 0.2) is 12.0 Å². The Bertz CT molecular complexity index is 1100. The summed E-state index contributed by atoms with van der Waals surface area (Å²) in [6, 6.07) is 13.7. The summed E-state index contributed by atoms with van der Waals surface area (Å²) in [5, 5.41) is 3.06. The molecule has 0 aliphatic heterocycles. The molecule has 0 bridgehead atoms. The average molecular weight is 393 g/mol. The third-order valence-electron chi connectivity index (χ3n) is 4.79. The molecule has 1 atom stereocenters. The van der Waals surface area contributed by atoms with E-state index in [1.54, 1.807) is 18.2 Å². The fourth-order valence-electron chi connectivity index (χ4n) is 2.90. The van der Waals surface area contributed by atoms with Crippen LogP contribution in [0.4, 0.5) is 5.69 Å². The molecule has 0 radical (unpaired) electrons. The molecule has 1 N–H and O–H groups in total. The van der Waals surface area contributed by atoms with Crippen LogP contribution in [0.15, 0.2) is 57.7 Å². The van der Waals surface area contributed by atoms with Crippen molar-refractivity contribution in [1.82, 2.24) is 0 Å². The van der Waals surface area contributed by atoms with Crippen LogP contribution < -0.4 is 10.7 Å². The summed E-state index contributed by atoms with van der Waals surface area (Å²) in [7, 11) is 0. The smallest absolute Gasteiger partial charge is 0.374 e. The standard InChI is InChI=1S/C23H23NO5/c1-4-15(3)16-6-8-17(9-7-16)24-22(26)13-28-23(27)21-12-19(25)18-11-14(2)5-10-20(18)29-21/h5-12,15H,4,13H2,1-3H3,(H,24,26)/t15-/m1/s1. The van der Waals surface area contributed by atoms with E-state index in [1.807, 2.05) is 31.2 Å². The van der Waals surface area contributed by atoms with Crippen LogP contribution in [-0.2, 0) is 9.53 Å².